The fraction of sp³-hybridized carbons (Fsp3) is 0.553. The van der Waals surface area contributed by atoms with Gasteiger partial charge in [-0.05, 0) is 0 Å². The fourth-order valence-corrected chi connectivity index (χ4v) is 19.4. The second-order valence-electron chi connectivity index (χ2n) is 14.4. The molecule has 0 heterocycles. The van der Waals surface area contributed by atoms with Crippen LogP contribution in [0, 0.1) is 35.5 Å². The maximum atomic E-state index is 2.95. The maximum absolute atomic E-state index is 2.95. The minimum Gasteiger partial charge on any atom is -1.00 e. The van der Waals surface area contributed by atoms with Crippen LogP contribution in [-0.2, 0) is 21.3 Å². The number of hydrogen-bond donors (Lipinski definition) is 0. The van der Waals surface area contributed by atoms with E-state index in [2.05, 4.69) is 63.9 Å². The van der Waals surface area contributed by atoms with E-state index >= 15 is 0 Å². The smallest absolute Gasteiger partial charge is 1.00 e. The van der Waals surface area contributed by atoms with E-state index in [0.717, 1.165) is 42.8 Å². The Labute approximate surface area is 267 Å². The third kappa shape index (κ3) is 5.31. The van der Waals surface area contributed by atoms with E-state index in [4.69, 9.17) is 0 Å². The first kappa shape index (κ1) is 29.0. The molecule has 0 amide bonds. The van der Waals surface area contributed by atoms with Crippen LogP contribution >= 0.6 is 0 Å². The quantitative estimate of drug-likeness (QED) is 0.403. The van der Waals surface area contributed by atoms with E-state index in [1.54, 1.807) is 22.3 Å². The third-order valence-corrected chi connectivity index (χ3v) is 20.6. The van der Waals surface area contributed by atoms with Crippen molar-refractivity contribution in [1.29, 1.82) is 0 Å². The summed E-state index contributed by atoms with van der Waals surface area (Å²) in [4.78, 5) is 0. The largest absolute Gasteiger partial charge is 1.00 e. The van der Waals surface area contributed by atoms with Gasteiger partial charge in [0.15, 0.2) is 0 Å². The van der Waals surface area contributed by atoms with Crippen molar-refractivity contribution in [2.45, 2.75) is 90.7 Å². The van der Waals surface area contributed by atoms with E-state index < -0.39 is 21.3 Å². The van der Waals surface area contributed by atoms with Gasteiger partial charge in [-0.25, -0.2) is 0 Å². The van der Waals surface area contributed by atoms with Crippen LogP contribution in [0.5, 0.6) is 0 Å². The Kier molecular flexibility index (Phi) is 8.23. The topological polar surface area (TPSA) is 0 Å². The van der Waals surface area contributed by atoms with Crippen LogP contribution < -0.4 is 24.8 Å². The summed E-state index contributed by atoms with van der Waals surface area (Å²) in [5, 5.41) is 0. The number of benzene rings is 2. The van der Waals surface area contributed by atoms with Crippen LogP contribution in [0.4, 0.5) is 0 Å². The van der Waals surface area contributed by atoms with Crippen molar-refractivity contribution in [2.75, 3.05) is 0 Å². The molecule has 2 aromatic carbocycles. The SMILES string of the molecule is C1=C(C(C2CC2)C2CC2)c2ccccc2[CH]1[Zr+2](=[C]1CCCCC1)[CH]1C=C(C(C2CC2)C2CC2)c2ccccc21.[Cl-].[Cl-]. The van der Waals surface area contributed by atoms with E-state index in [9.17, 15) is 0 Å². The van der Waals surface area contributed by atoms with Crippen LogP contribution in [0.1, 0.15) is 113 Å². The summed E-state index contributed by atoms with van der Waals surface area (Å²) in [7, 11) is 0. The Bertz CT molecular complexity index is 1270. The number of fused-ring (bicyclic) bond motifs is 2. The van der Waals surface area contributed by atoms with Gasteiger partial charge >= 0.3 is 245 Å². The van der Waals surface area contributed by atoms with Crippen molar-refractivity contribution in [3.8, 4) is 0 Å². The molecular weight excluding hydrogens is 619 g/mol. The molecule has 41 heavy (non-hydrogen) atoms. The number of allylic oxidation sites excluding steroid dienone is 4. The summed E-state index contributed by atoms with van der Waals surface area (Å²) in [6, 6.07) is 19.7. The molecular formula is C38H44Cl2Zr. The molecule has 2 atom stereocenters. The molecule has 7 aliphatic carbocycles. The van der Waals surface area contributed by atoms with Crippen molar-refractivity contribution in [3.05, 3.63) is 82.9 Å². The van der Waals surface area contributed by atoms with Crippen LogP contribution in [-0.4, -0.2) is 3.21 Å². The molecule has 0 aliphatic heterocycles. The van der Waals surface area contributed by atoms with Crippen LogP contribution in [0.2, 0.25) is 0 Å². The Morgan fingerprint density at radius 3 is 1.29 bits per heavy atom. The molecule has 2 aromatic rings. The summed E-state index contributed by atoms with van der Waals surface area (Å²) < 4.78 is 3.60. The summed E-state index contributed by atoms with van der Waals surface area (Å²) in [6.07, 6.45) is 25.1. The van der Waals surface area contributed by atoms with E-state index in [1.807, 2.05) is 11.1 Å². The Balaban J connectivity index is 0.00000138. The first-order valence-corrected chi connectivity index (χ1v) is 20.8. The molecule has 5 saturated carbocycles. The Morgan fingerprint density at radius 2 is 0.902 bits per heavy atom. The predicted octanol–water partition coefficient (Wildman–Crippen LogP) is 3.90. The molecule has 5 fully saturated rings. The van der Waals surface area contributed by atoms with Crippen LogP contribution in [0.15, 0.2) is 60.7 Å². The number of rotatable bonds is 8. The monoisotopic (exact) mass is 660 g/mol. The summed E-state index contributed by atoms with van der Waals surface area (Å²) >= 11 is -2.15. The summed E-state index contributed by atoms with van der Waals surface area (Å²) in [6.45, 7) is 0. The molecule has 0 aromatic heterocycles. The molecule has 2 unspecified atom stereocenters. The van der Waals surface area contributed by atoms with Crippen LogP contribution in [0.25, 0.3) is 11.1 Å². The van der Waals surface area contributed by atoms with Gasteiger partial charge in [0.05, 0.1) is 0 Å². The number of halogens is 2. The first-order chi connectivity index (χ1) is 19.3. The second kappa shape index (κ2) is 11.6. The third-order valence-electron chi connectivity index (χ3n) is 11.7. The molecule has 214 valence electrons. The normalized spacial score (nSPS) is 26.4. The molecule has 7 aliphatic rings. The Hall–Kier alpha value is -0.747. The summed E-state index contributed by atoms with van der Waals surface area (Å²) in [5.74, 6) is 5.69. The van der Waals surface area contributed by atoms with Crippen LogP contribution in [0.3, 0.4) is 0 Å². The first-order valence-electron chi connectivity index (χ1n) is 16.7. The molecule has 0 nitrogen and oxygen atoms in total. The molecule has 0 radical (unpaired) electrons. The zero-order valence-corrected chi connectivity index (χ0v) is 28.3. The molecule has 0 saturated heterocycles. The van der Waals surface area contributed by atoms with Gasteiger partial charge in [-0.2, -0.15) is 0 Å². The van der Waals surface area contributed by atoms with Crippen molar-refractivity contribution >= 4 is 14.4 Å². The van der Waals surface area contributed by atoms with Gasteiger partial charge in [0.25, 0.3) is 0 Å². The van der Waals surface area contributed by atoms with Crippen molar-refractivity contribution in [2.24, 2.45) is 35.5 Å². The van der Waals surface area contributed by atoms with Gasteiger partial charge in [-0.15, -0.1) is 0 Å². The average molecular weight is 663 g/mol. The average Bonchev–Trinajstić information content (AvgIpc) is 3.79. The molecule has 0 bridgehead atoms. The van der Waals surface area contributed by atoms with Gasteiger partial charge in [-0.3, -0.25) is 0 Å². The van der Waals surface area contributed by atoms with E-state index in [-0.39, 0.29) is 24.8 Å². The van der Waals surface area contributed by atoms with Gasteiger partial charge in [0.1, 0.15) is 0 Å². The zero-order valence-electron chi connectivity index (χ0n) is 24.3. The van der Waals surface area contributed by atoms with E-state index in [0.29, 0.717) is 0 Å². The van der Waals surface area contributed by atoms with Gasteiger partial charge in [0, 0.05) is 0 Å². The van der Waals surface area contributed by atoms with Crippen molar-refractivity contribution in [3.63, 3.8) is 0 Å². The maximum Gasteiger partial charge on any atom is -1.00 e. The molecule has 9 rings (SSSR count). The van der Waals surface area contributed by atoms with Crippen molar-refractivity contribution < 1.29 is 46.1 Å². The van der Waals surface area contributed by atoms with Crippen molar-refractivity contribution in [1.82, 2.24) is 0 Å². The van der Waals surface area contributed by atoms with E-state index in [1.165, 1.54) is 83.5 Å². The zero-order chi connectivity index (χ0) is 25.5. The molecule has 0 spiro atoms. The molecule has 0 N–H and O–H groups in total. The summed E-state index contributed by atoms with van der Waals surface area (Å²) in [5.41, 5.74) is 10.5. The second-order valence-corrected chi connectivity index (χ2v) is 21.4. The predicted molar refractivity (Wildman–Crippen MR) is 160 cm³/mol. The standard InChI is InChI=1S/2C16H17.C6H10.2ClH.Zr/c2*1-2-4-14-11(3-1)9-10-15(14)16(12-5-6-12)13-7-8-13;1-2-4-6-5-3-1;;;/h2*1-4,9-10,12-13,16H,5-8H2;1-5H2;2*1H;/q;;;;;+2/p-2. The molecule has 3 heteroatoms. The fourth-order valence-electron chi connectivity index (χ4n) is 9.38. The Morgan fingerprint density at radius 1 is 0.512 bits per heavy atom. The number of hydrogen-bond acceptors (Lipinski definition) is 0. The van der Waals surface area contributed by atoms with Gasteiger partial charge in [0.2, 0.25) is 0 Å². The van der Waals surface area contributed by atoms with Gasteiger partial charge in [-0.1, -0.05) is 0 Å². The minimum atomic E-state index is -2.15. The minimum absolute atomic E-state index is 0. The van der Waals surface area contributed by atoms with Gasteiger partial charge < -0.3 is 24.8 Å².